The van der Waals surface area contributed by atoms with Crippen LogP contribution in [0, 0.1) is 0 Å². The van der Waals surface area contributed by atoms with Crippen LogP contribution in [0.1, 0.15) is 22.2 Å². The van der Waals surface area contributed by atoms with Gasteiger partial charge in [-0.3, -0.25) is 4.40 Å². The zero-order valence-corrected chi connectivity index (χ0v) is 10.6. The summed E-state index contributed by atoms with van der Waals surface area (Å²) < 4.78 is 6.57. The molecule has 3 rings (SSSR count). The Hall–Kier alpha value is -1.59. The van der Waals surface area contributed by atoms with Gasteiger partial charge < -0.3 is 10.1 Å². The standard InChI is InChI=1S/C12H12ClN3O2/c1-18-12(17)10-8-3-2-4-9(13)16(8)11(15-10)7-5-14-6-7/h2-4,7,14H,5-6H2,1H3. The van der Waals surface area contributed by atoms with Crippen molar-refractivity contribution < 1.29 is 9.53 Å². The maximum absolute atomic E-state index is 11.7. The van der Waals surface area contributed by atoms with Gasteiger partial charge in [0.1, 0.15) is 11.0 Å². The van der Waals surface area contributed by atoms with Gasteiger partial charge in [0.25, 0.3) is 0 Å². The van der Waals surface area contributed by atoms with Gasteiger partial charge in [0.2, 0.25) is 0 Å². The number of carbonyl (C=O) groups is 1. The molecule has 1 fully saturated rings. The maximum Gasteiger partial charge on any atom is 0.358 e. The number of aromatic nitrogens is 2. The number of ether oxygens (including phenoxy) is 1. The summed E-state index contributed by atoms with van der Waals surface area (Å²) >= 11 is 6.20. The third-order valence-electron chi connectivity index (χ3n) is 3.17. The third kappa shape index (κ3) is 1.59. The molecule has 1 saturated heterocycles. The molecule has 0 saturated carbocycles. The Bertz CT molecular complexity index is 619. The Morgan fingerprint density at radius 3 is 2.94 bits per heavy atom. The summed E-state index contributed by atoms with van der Waals surface area (Å²) in [6.45, 7) is 1.70. The molecule has 1 aliphatic heterocycles. The quantitative estimate of drug-likeness (QED) is 0.660. The molecule has 5 nitrogen and oxygen atoms in total. The first-order valence-corrected chi connectivity index (χ1v) is 6.06. The van der Waals surface area contributed by atoms with Crippen molar-refractivity contribution in [1.82, 2.24) is 14.7 Å². The molecule has 1 aliphatic rings. The second-order valence-corrected chi connectivity index (χ2v) is 4.62. The predicted molar refractivity (Wildman–Crippen MR) is 67.2 cm³/mol. The van der Waals surface area contributed by atoms with E-state index in [2.05, 4.69) is 10.3 Å². The van der Waals surface area contributed by atoms with Gasteiger partial charge in [-0.05, 0) is 12.1 Å². The highest BCUT2D eigenvalue weighted by atomic mass is 35.5. The number of fused-ring (bicyclic) bond motifs is 1. The number of nitrogens with zero attached hydrogens (tertiary/aromatic N) is 2. The number of hydrogen-bond donors (Lipinski definition) is 1. The zero-order chi connectivity index (χ0) is 12.7. The van der Waals surface area contributed by atoms with Crippen LogP contribution in [0.3, 0.4) is 0 Å². The fourth-order valence-electron chi connectivity index (χ4n) is 2.11. The topological polar surface area (TPSA) is 55.6 Å². The van der Waals surface area contributed by atoms with Gasteiger partial charge in [-0.1, -0.05) is 17.7 Å². The Kier molecular flexibility index (Phi) is 2.72. The second-order valence-electron chi connectivity index (χ2n) is 4.23. The van der Waals surface area contributed by atoms with E-state index in [-0.39, 0.29) is 5.92 Å². The molecule has 0 atom stereocenters. The van der Waals surface area contributed by atoms with Crippen molar-refractivity contribution in [1.29, 1.82) is 0 Å². The third-order valence-corrected chi connectivity index (χ3v) is 3.46. The summed E-state index contributed by atoms with van der Waals surface area (Å²) in [5, 5.41) is 3.74. The molecular weight excluding hydrogens is 254 g/mol. The summed E-state index contributed by atoms with van der Waals surface area (Å²) in [7, 11) is 1.35. The van der Waals surface area contributed by atoms with Crippen LogP contribution in [0.4, 0.5) is 0 Å². The van der Waals surface area contributed by atoms with Crippen LogP contribution in [-0.4, -0.2) is 35.6 Å². The van der Waals surface area contributed by atoms with E-state index in [9.17, 15) is 4.79 Å². The van der Waals surface area contributed by atoms with Crippen molar-refractivity contribution >= 4 is 23.1 Å². The molecule has 0 bridgehead atoms. The average molecular weight is 266 g/mol. The normalized spacial score (nSPS) is 15.7. The molecule has 1 N–H and O–H groups in total. The monoisotopic (exact) mass is 265 g/mol. The minimum Gasteiger partial charge on any atom is -0.464 e. The Labute approximate surface area is 109 Å². The molecule has 0 spiro atoms. The van der Waals surface area contributed by atoms with Crippen molar-refractivity contribution in [2.45, 2.75) is 5.92 Å². The lowest BCUT2D eigenvalue weighted by molar-refractivity contribution is 0.0596. The minimum atomic E-state index is -0.437. The van der Waals surface area contributed by atoms with Crippen LogP contribution in [0.25, 0.3) is 5.52 Å². The lowest BCUT2D eigenvalue weighted by Crippen LogP contribution is -2.41. The Morgan fingerprint density at radius 2 is 2.33 bits per heavy atom. The first-order valence-electron chi connectivity index (χ1n) is 5.68. The number of hydrogen-bond acceptors (Lipinski definition) is 4. The highest BCUT2D eigenvalue weighted by molar-refractivity contribution is 6.30. The van der Waals surface area contributed by atoms with Crippen LogP contribution in [0.5, 0.6) is 0 Å². The molecule has 3 heterocycles. The van der Waals surface area contributed by atoms with Crippen molar-refractivity contribution in [2.75, 3.05) is 20.2 Å². The van der Waals surface area contributed by atoms with Gasteiger partial charge in [0.15, 0.2) is 5.69 Å². The lowest BCUT2D eigenvalue weighted by atomic mass is 10.0. The van der Waals surface area contributed by atoms with Gasteiger partial charge in [-0.2, -0.15) is 0 Å². The molecule has 94 valence electrons. The smallest absolute Gasteiger partial charge is 0.358 e. The van der Waals surface area contributed by atoms with Crippen LogP contribution < -0.4 is 5.32 Å². The fourth-order valence-corrected chi connectivity index (χ4v) is 2.36. The van der Waals surface area contributed by atoms with E-state index in [0.717, 1.165) is 18.9 Å². The highest BCUT2D eigenvalue weighted by Gasteiger charge is 2.28. The molecule has 18 heavy (non-hydrogen) atoms. The van der Waals surface area contributed by atoms with Crippen LogP contribution >= 0.6 is 11.6 Å². The number of halogens is 1. The van der Waals surface area contributed by atoms with Gasteiger partial charge in [-0.25, -0.2) is 9.78 Å². The summed E-state index contributed by atoms with van der Waals surface area (Å²) in [5.74, 6) is 0.666. The van der Waals surface area contributed by atoms with Crippen molar-refractivity contribution in [3.63, 3.8) is 0 Å². The number of carbonyl (C=O) groups excluding carboxylic acids is 1. The molecule has 0 aliphatic carbocycles. The van der Waals surface area contributed by atoms with E-state index < -0.39 is 5.97 Å². The van der Waals surface area contributed by atoms with Gasteiger partial charge in [0, 0.05) is 19.0 Å². The molecule has 2 aromatic rings. The van der Waals surface area contributed by atoms with Crippen LogP contribution in [-0.2, 0) is 4.74 Å². The van der Waals surface area contributed by atoms with E-state index in [1.807, 2.05) is 10.5 Å². The molecule has 0 aromatic carbocycles. The summed E-state index contributed by atoms with van der Waals surface area (Å²) in [5.41, 5.74) is 1.01. The van der Waals surface area contributed by atoms with Gasteiger partial charge >= 0.3 is 5.97 Å². The summed E-state index contributed by atoms with van der Waals surface area (Å²) in [6.07, 6.45) is 0. The number of pyridine rings is 1. The molecule has 6 heteroatoms. The van der Waals surface area contributed by atoms with Crippen LogP contribution in [0.2, 0.25) is 5.15 Å². The van der Waals surface area contributed by atoms with E-state index in [1.54, 1.807) is 12.1 Å². The molecule has 0 amide bonds. The minimum absolute atomic E-state index is 0.288. The predicted octanol–water partition coefficient (Wildman–Crippen LogP) is 1.46. The number of rotatable bonds is 2. The van der Waals surface area contributed by atoms with Crippen molar-refractivity contribution in [3.05, 3.63) is 34.9 Å². The number of esters is 1. The van der Waals surface area contributed by atoms with Crippen LogP contribution in [0.15, 0.2) is 18.2 Å². The number of methoxy groups -OCH3 is 1. The SMILES string of the molecule is COC(=O)c1nc(C2CNC2)n2c(Cl)cccc12. The largest absolute Gasteiger partial charge is 0.464 e. The summed E-state index contributed by atoms with van der Waals surface area (Å²) in [6, 6.07) is 5.40. The summed E-state index contributed by atoms with van der Waals surface area (Å²) in [4.78, 5) is 16.1. The van der Waals surface area contributed by atoms with Gasteiger partial charge in [-0.15, -0.1) is 0 Å². The zero-order valence-electron chi connectivity index (χ0n) is 9.81. The average Bonchev–Trinajstić information content (AvgIpc) is 2.67. The first-order chi connectivity index (χ1) is 8.72. The number of imidazole rings is 1. The second kappa shape index (κ2) is 4.26. The van der Waals surface area contributed by atoms with E-state index in [4.69, 9.17) is 16.3 Å². The molecular formula is C12H12ClN3O2. The number of nitrogens with one attached hydrogen (secondary N) is 1. The van der Waals surface area contributed by atoms with Crippen molar-refractivity contribution in [2.24, 2.45) is 0 Å². The Morgan fingerprint density at radius 1 is 1.56 bits per heavy atom. The van der Waals surface area contributed by atoms with E-state index in [0.29, 0.717) is 16.4 Å². The molecule has 0 radical (unpaired) electrons. The molecule has 0 unspecified atom stereocenters. The van der Waals surface area contributed by atoms with Gasteiger partial charge in [0.05, 0.1) is 12.6 Å². The highest BCUT2D eigenvalue weighted by Crippen LogP contribution is 2.26. The first kappa shape index (κ1) is 11.5. The fraction of sp³-hybridized carbons (Fsp3) is 0.333. The van der Waals surface area contributed by atoms with E-state index >= 15 is 0 Å². The van der Waals surface area contributed by atoms with Crippen molar-refractivity contribution in [3.8, 4) is 0 Å². The van der Waals surface area contributed by atoms with E-state index in [1.165, 1.54) is 7.11 Å². The Balaban J connectivity index is 2.25. The lowest BCUT2D eigenvalue weighted by Gasteiger charge is -2.26. The maximum atomic E-state index is 11.7. The molecule has 2 aromatic heterocycles.